The number of esters is 1. The van der Waals surface area contributed by atoms with E-state index in [1.54, 1.807) is 0 Å². The van der Waals surface area contributed by atoms with Gasteiger partial charge in [-0.3, -0.25) is 4.79 Å². The third-order valence-electron chi connectivity index (χ3n) is 2.55. The SMILES string of the molecule is CCOC(=O)C(CC)CCC1OCCO1. The quantitative estimate of drug-likeness (QED) is 0.634. The van der Waals surface area contributed by atoms with Crippen molar-refractivity contribution in [3.05, 3.63) is 0 Å². The van der Waals surface area contributed by atoms with Crippen molar-refractivity contribution < 1.29 is 19.0 Å². The molecule has 4 heteroatoms. The smallest absolute Gasteiger partial charge is 0.308 e. The van der Waals surface area contributed by atoms with Gasteiger partial charge in [-0.2, -0.15) is 0 Å². The summed E-state index contributed by atoms with van der Waals surface area (Å²) in [5, 5.41) is 0. The molecule has 1 saturated heterocycles. The van der Waals surface area contributed by atoms with Crippen LogP contribution >= 0.6 is 0 Å². The van der Waals surface area contributed by atoms with Gasteiger partial charge in [-0.15, -0.1) is 0 Å². The van der Waals surface area contributed by atoms with Crippen molar-refractivity contribution in [1.29, 1.82) is 0 Å². The molecular weight excluding hydrogens is 196 g/mol. The molecule has 0 saturated carbocycles. The zero-order valence-corrected chi connectivity index (χ0v) is 9.53. The molecule has 15 heavy (non-hydrogen) atoms. The Morgan fingerprint density at radius 3 is 2.60 bits per heavy atom. The second-order valence-corrected chi connectivity index (χ2v) is 3.61. The van der Waals surface area contributed by atoms with Crippen LogP contribution in [0.2, 0.25) is 0 Å². The van der Waals surface area contributed by atoms with E-state index in [4.69, 9.17) is 14.2 Å². The second kappa shape index (κ2) is 6.80. The number of hydrogen-bond donors (Lipinski definition) is 0. The van der Waals surface area contributed by atoms with Crippen LogP contribution in [0, 0.1) is 5.92 Å². The van der Waals surface area contributed by atoms with Crippen molar-refractivity contribution in [2.24, 2.45) is 5.92 Å². The summed E-state index contributed by atoms with van der Waals surface area (Å²) in [4.78, 5) is 11.5. The first-order valence-corrected chi connectivity index (χ1v) is 5.67. The predicted molar refractivity (Wildman–Crippen MR) is 55.3 cm³/mol. The Hall–Kier alpha value is -0.610. The molecule has 1 aliphatic rings. The van der Waals surface area contributed by atoms with Crippen LogP contribution in [0.4, 0.5) is 0 Å². The lowest BCUT2D eigenvalue weighted by atomic mass is 10.0. The first-order chi connectivity index (χ1) is 7.27. The van der Waals surface area contributed by atoms with Gasteiger partial charge in [0.05, 0.1) is 25.7 Å². The lowest BCUT2D eigenvalue weighted by molar-refractivity contribution is -0.149. The van der Waals surface area contributed by atoms with Gasteiger partial charge >= 0.3 is 5.97 Å². The normalized spacial score (nSPS) is 19.1. The first kappa shape index (κ1) is 12.5. The molecule has 0 N–H and O–H groups in total. The monoisotopic (exact) mass is 216 g/mol. The van der Waals surface area contributed by atoms with E-state index in [0.717, 1.165) is 19.3 Å². The number of ether oxygens (including phenoxy) is 3. The average molecular weight is 216 g/mol. The summed E-state index contributed by atoms with van der Waals surface area (Å²) >= 11 is 0. The second-order valence-electron chi connectivity index (χ2n) is 3.61. The molecule has 0 aromatic carbocycles. The van der Waals surface area contributed by atoms with Crippen LogP contribution in [0.5, 0.6) is 0 Å². The summed E-state index contributed by atoms with van der Waals surface area (Å²) in [6.45, 7) is 5.61. The van der Waals surface area contributed by atoms with Crippen LogP contribution in [-0.2, 0) is 19.0 Å². The Labute approximate surface area is 90.9 Å². The van der Waals surface area contributed by atoms with Crippen molar-refractivity contribution in [2.45, 2.75) is 39.4 Å². The Morgan fingerprint density at radius 2 is 2.07 bits per heavy atom. The maximum atomic E-state index is 11.5. The molecule has 0 aromatic heterocycles. The minimum Gasteiger partial charge on any atom is -0.466 e. The van der Waals surface area contributed by atoms with Gasteiger partial charge in [0.25, 0.3) is 0 Å². The molecule has 1 aliphatic heterocycles. The molecule has 0 spiro atoms. The Bertz CT molecular complexity index is 187. The lowest BCUT2D eigenvalue weighted by Crippen LogP contribution is -2.19. The van der Waals surface area contributed by atoms with E-state index < -0.39 is 0 Å². The van der Waals surface area contributed by atoms with E-state index >= 15 is 0 Å². The van der Waals surface area contributed by atoms with E-state index in [-0.39, 0.29) is 18.2 Å². The highest BCUT2D eigenvalue weighted by atomic mass is 16.7. The van der Waals surface area contributed by atoms with Gasteiger partial charge in [0.1, 0.15) is 0 Å². The Kier molecular flexibility index (Phi) is 5.65. The molecule has 1 heterocycles. The predicted octanol–water partition coefficient (Wildman–Crippen LogP) is 1.73. The average Bonchev–Trinajstić information content (AvgIpc) is 2.72. The molecule has 0 radical (unpaired) electrons. The summed E-state index contributed by atoms with van der Waals surface area (Å²) < 4.78 is 15.6. The third-order valence-corrected chi connectivity index (χ3v) is 2.55. The summed E-state index contributed by atoms with van der Waals surface area (Å²) in [6.07, 6.45) is 2.25. The fourth-order valence-electron chi connectivity index (χ4n) is 1.66. The topological polar surface area (TPSA) is 44.8 Å². The molecule has 88 valence electrons. The van der Waals surface area contributed by atoms with Crippen molar-refractivity contribution in [3.8, 4) is 0 Å². The molecule has 1 rings (SSSR count). The molecule has 1 fully saturated rings. The van der Waals surface area contributed by atoms with E-state index in [9.17, 15) is 4.79 Å². The van der Waals surface area contributed by atoms with Gasteiger partial charge in [-0.1, -0.05) is 6.92 Å². The largest absolute Gasteiger partial charge is 0.466 e. The van der Waals surface area contributed by atoms with Crippen LogP contribution < -0.4 is 0 Å². The molecule has 1 atom stereocenters. The molecule has 0 bridgehead atoms. The zero-order chi connectivity index (χ0) is 11.1. The fraction of sp³-hybridized carbons (Fsp3) is 0.909. The molecule has 0 aromatic rings. The zero-order valence-electron chi connectivity index (χ0n) is 9.53. The summed E-state index contributed by atoms with van der Waals surface area (Å²) in [5.74, 6) is -0.115. The number of hydrogen-bond acceptors (Lipinski definition) is 4. The minimum atomic E-state index is -0.117. The highest BCUT2D eigenvalue weighted by Gasteiger charge is 2.22. The Balaban J connectivity index is 2.23. The minimum absolute atomic E-state index is 0.0160. The molecule has 1 unspecified atom stereocenters. The van der Waals surface area contributed by atoms with Gasteiger partial charge in [0.2, 0.25) is 0 Å². The van der Waals surface area contributed by atoms with Crippen LogP contribution in [0.1, 0.15) is 33.1 Å². The maximum Gasteiger partial charge on any atom is 0.308 e. The van der Waals surface area contributed by atoms with Gasteiger partial charge < -0.3 is 14.2 Å². The number of carbonyl (C=O) groups excluding carboxylic acids is 1. The van der Waals surface area contributed by atoms with Gasteiger partial charge in [0.15, 0.2) is 6.29 Å². The highest BCUT2D eigenvalue weighted by Crippen LogP contribution is 2.18. The molecule has 0 amide bonds. The van der Waals surface area contributed by atoms with Crippen molar-refractivity contribution >= 4 is 5.97 Å². The summed E-state index contributed by atoms with van der Waals surface area (Å²) in [5.41, 5.74) is 0. The van der Waals surface area contributed by atoms with Gasteiger partial charge in [0, 0.05) is 0 Å². The number of carbonyl (C=O) groups is 1. The van der Waals surface area contributed by atoms with E-state index in [1.807, 2.05) is 13.8 Å². The molecular formula is C11H20O4. The van der Waals surface area contributed by atoms with E-state index in [0.29, 0.717) is 19.8 Å². The third kappa shape index (κ3) is 4.18. The standard InChI is InChI=1S/C11H20O4/c1-3-9(11(12)13-4-2)5-6-10-14-7-8-15-10/h9-10H,3-8H2,1-2H3. The molecule has 0 aliphatic carbocycles. The van der Waals surface area contributed by atoms with E-state index in [2.05, 4.69) is 0 Å². The van der Waals surface area contributed by atoms with Crippen molar-refractivity contribution in [1.82, 2.24) is 0 Å². The van der Waals surface area contributed by atoms with Crippen LogP contribution in [0.3, 0.4) is 0 Å². The fourth-order valence-corrected chi connectivity index (χ4v) is 1.66. The lowest BCUT2D eigenvalue weighted by Gasteiger charge is -2.15. The highest BCUT2D eigenvalue weighted by molar-refractivity contribution is 5.72. The van der Waals surface area contributed by atoms with Gasteiger partial charge in [-0.05, 0) is 26.2 Å². The number of rotatable bonds is 6. The van der Waals surface area contributed by atoms with E-state index in [1.165, 1.54) is 0 Å². The van der Waals surface area contributed by atoms with Crippen molar-refractivity contribution in [2.75, 3.05) is 19.8 Å². The first-order valence-electron chi connectivity index (χ1n) is 5.67. The van der Waals surface area contributed by atoms with Crippen LogP contribution in [0.25, 0.3) is 0 Å². The Morgan fingerprint density at radius 1 is 1.40 bits per heavy atom. The maximum absolute atomic E-state index is 11.5. The van der Waals surface area contributed by atoms with Crippen LogP contribution in [-0.4, -0.2) is 32.1 Å². The van der Waals surface area contributed by atoms with Crippen molar-refractivity contribution in [3.63, 3.8) is 0 Å². The van der Waals surface area contributed by atoms with Crippen LogP contribution in [0.15, 0.2) is 0 Å². The molecule has 4 nitrogen and oxygen atoms in total. The summed E-state index contributed by atoms with van der Waals surface area (Å²) in [6, 6.07) is 0. The van der Waals surface area contributed by atoms with Gasteiger partial charge in [-0.25, -0.2) is 0 Å². The summed E-state index contributed by atoms with van der Waals surface area (Å²) in [7, 11) is 0.